The molecule has 2 heterocycles. The molecule has 3 N–H and O–H groups in total. The summed E-state index contributed by atoms with van der Waals surface area (Å²) in [4.78, 5) is 13.8. The molecule has 1 aliphatic heterocycles. The van der Waals surface area contributed by atoms with Gasteiger partial charge in [0.1, 0.15) is 5.69 Å². The number of alkyl halides is 3. The molecule has 0 aliphatic carbocycles. The number of H-pyrrole nitrogens is 1. The third kappa shape index (κ3) is 4.20. The number of aliphatic hydroxyl groups excluding tert-OH is 1. The maximum Gasteiger partial charge on any atom is 0.432 e. The number of piperidine rings is 1. The Morgan fingerprint density at radius 1 is 1.50 bits per heavy atom. The fourth-order valence-electron chi connectivity index (χ4n) is 2.55. The molecule has 6 nitrogen and oxygen atoms in total. The third-order valence-electron chi connectivity index (χ3n) is 3.76. The van der Waals surface area contributed by atoms with Gasteiger partial charge in [0.2, 0.25) is 0 Å². The van der Waals surface area contributed by atoms with Crippen LogP contribution in [-0.4, -0.2) is 58.4 Å². The molecule has 0 spiro atoms. The Bertz CT molecular complexity index is 504. The number of hydrogen-bond donors (Lipinski definition) is 3. The lowest BCUT2D eigenvalue weighted by Crippen LogP contribution is -2.45. The second-order valence-electron chi connectivity index (χ2n) is 5.29. The van der Waals surface area contributed by atoms with Gasteiger partial charge in [0.15, 0.2) is 5.69 Å². The average Bonchev–Trinajstić information content (AvgIpc) is 2.97. The molecule has 2 rings (SSSR count). The van der Waals surface area contributed by atoms with Crippen molar-refractivity contribution < 1.29 is 23.1 Å². The number of amides is 1. The first-order valence-corrected chi connectivity index (χ1v) is 7.17. The molecule has 1 fully saturated rings. The fraction of sp³-hybridized carbons (Fsp3) is 0.692. The number of aromatic amines is 1. The van der Waals surface area contributed by atoms with Crippen molar-refractivity contribution in [2.45, 2.75) is 31.5 Å². The molecule has 9 heteroatoms. The summed E-state index contributed by atoms with van der Waals surface area (Å²) < 4.78 is 37.2. The summed E-state index contributed by atoms with van der Waals surface area (Å²) in [6, 6.07) is 0.778. The molecular weight excluding hydrogens is 301 g/mol. The van der Waals surface area contributed by atoms with Gasteiger partial charge in [-0.1, -0.05) is 6.42 Å². The molecule has 1 atom stereocenters. The Balaban J connectivity index is 1.81. The van der Waals surface area contributed by atoms with E-state index >= 15 is 0 Å². The van der Waals surface area contributed by atoms with Crippen molar-refractivity contribution >= 4 is 5.91 Å². The summed E-state index contributed by atoms with van der Waals surface area (Å²) >= 11 is 0. The van der Waals surface area contributed by atoms with Crippen LogP contribution >= 0.6 is 0 Å². The van der Waals surface area contributed by atoms with Crippen molar-refractivity contribution in [1.82, 2.24) is 20.4 Å². The molecule has 0 radical (unpaired) electrons. The van der Waals surface area contributed by atoms with E-state index in [1.54, 1.807) is 5.10 Å². The van der Waals surface area contributed by atoms with Gasteiger partial charge in [-0.15, -0.1) is 0 Å². The number of aliphatic hydroxyl groups is 1. The van der Waals surface area contributed by atoms with E-state index < -0.39 is 17.8 Å². The number of carbonyl (C=O) groups excluding carboxylic acids is 1. The first-order chi connectivity index (χ1) is 10.4. The highest BCUT2D eigenvalue weighted by molar-refractivity contribution is 5.92. The predicted octanol–water partition coefficient (Wildman–Crippen LogP) is 1.01. The topological polar surface area (TPSA) is 81.3 Å². The summed E-state index contributed by atoms with van der Waals surface area (Å²) in [5.41, 5.74) is -1.33. The van der Waals surface area contributed by atoms with Crippen LogP contribution in [0.5, 0.6) is 0 Å². The van der Waals surface area contributed by atoms with Crippen molar-refractivity contribution in [3.63, 3.8) is 0 Å². The number of carbonyl (C=O) groups is 1. The van der Waals surface area contributed by atoms with Crippen molar-refractivity contribution in [1.29, 1.82) is 0 Å². The van der Waals surface area contributed by atoms with Crippen LogP contribution in [0.4, 0.5) is 13.2 Å². The molecule has 0 unspecified atom stereocenters. The van der Waals surface area contributed by atoms with Crippen LogP contribution in [0.3, 0.4) is 0 Å². The lowest BCUT2D eigenvalue weighted by molar-refractivity contribution is -0.141. The van der Waals surface area contributed by atoms with Crippen LogP contribution in [0.15, 0.2) is 6.07 Å². The summed E-state index contributed by atoms with van der Waals surface area (Å²) in [6.07, 6.45) is -1.52. The summed E-state index contributed by atoms with van der Waals surface area (Å²) in [7, 11) is 0. The van der Waals surface area contributed by atoms with Gasteiger partial charge in [0.25, 0.3) is 5.91 Å². The Labute approximate surface area is 125 Å². The first-order valence-electron chi connectivity index (χ1n) is 7.17. The first kappa shape index (κ1) is 16.8. The van der Waals surface area contributed by atoms with Crippen LogP contribution in [0.1, 0.15) is 35.4 Å². The predicted molar refractivity (Wildman–Crippen MR) is 72.2 cm³/mol. The Morgan fingerprint density at radius 3 is 2.91 bits per heavy atom. The average molecular weight is 320 g/mol. The van der Waals surface area contributed by atoms with Crippen molar-refractivity contribution in [3.05, 3.63) is 17.5 Å². The summed E-state index contributed by atoms with van der Waals surface area (Å²) in [5.74, 6) is -0.649. The number of nitrogens with zero attached hydrogens (tertiary/aromatic N) is 2. The van der Waals surface area contributed by atoms with Crippen LogP contribution in [-0.2, 0) is 6.18 Å². The van der Waals surface area contributed by atoms with Gasteiger partial charge in [0, 0.05) is 25.2 Å². The number of aromatic nitrogens is 2. The van der Waals surface area contributed by atoms with Crippen LogP contribution in [0, 0.1) is 0 Å². The minimum Gasteiger partial charge on any atom is -0.395 e. The largest absolute Gasteiger partial charge is 0.432 e. The van der Waals surface area contributed by atoms with Gasteiger partial charge in [-0.05, 0) is 19.4 Å². The number of nitrogens with one attached hydrogen (secondary N) is 2. The molecule has 0 bridgehead atoms. The second-order valence-corrected chi connectivity index (χ2v) is 5.29. The van der Waals surface area contributed by atoms with Gasteiger partial charge in [-0.3, -0.25) is 14.8 Å². The number of rotatable bonds is 5. The Morgan fingerprint density at radius 2 is 2.27 bits per heavy atom. The van der Waals surface area contributed by atoms with Crippen LogP contribution in [0.2, 0.25) is 0 Å². The standard InChI is InChI=1S/C13H19F3N4O2/c14-13(15,16)11-7-10(18-19-11)12(22)17-4-6-20-5-2-1-3-9(20)8-21/h7,9,21H,1-6,8H2,(H,17,22)(H,18,19)/t9-/m1/s1. The molecule has 1 aromatic heterocycles. The third-order valence-corrected chi connectivity index (χ3v) is 3.76. The molecule has 22 heavy (non-hydrogen) atoms. The highest BCUT2D eigenvalue weighted by atomic mass is 19.4. The highest BCUT2D eigenvalue weighted by Crippen LogP contribution is 2.27. The highest BCUT2D eigenvalue weighted by Gasteiger charge is 2.33. The van der Waals surface area contributed by atoms with Crippen molar-refractivity contribution in [2.24, 2.45) is 0 Å². The SMILES string of the molecule is O=C(NCCN1CCCC[C@@H]1CO)c1cc(C(F)(F)F)[nH]n1. The monoisotopic (exact) mass is 320 g/mol. The van der Waals surface area contributed by atoms with E-state index in [-0.39, 0.29) is 18.3 Å². The molecule has 1 saturated heterocycles. The van der Waals surface area contributed by atoms with Gasteiger partial charge in [-0.2, -0.15) is 18.3 Å². The molecule has 1 amide bonds. The Kier molecular flexibility index (Phi) is 5.41. The maximum atomic E-state index is 12.4. The lowest BCUT2D eigenvalue weighted by Gasteiger charge is -2.34. The zero-order valence-corrected chi connectivity index (χ0v) is 12.0. The van der Waals surface area contributed by atoms with Gasteiger partial charge in [-0.25, -0.2) is 0 Å². The van der Waals surface area contributed by atoms with Gasteiger partial charge < -0.3 is 10.4 Å². The Hall–Kier alpha value is -1.61. The minimum atomic E-state index is -4.55. The molecule has 0 saturated carbocycles. The lowest BCUT2D eigenvalue weighted by atomic mass is 10.0. The van der Waals surface area contributed by atoms with E-state index in [4.69, 9.17) is 0 Å². The van der Waals surface area contributed by atoms with Crippen molar-refractivity contribution in [2.75, 3.05) is 26.2 Å². The fourth-order valence-corrected chi connectivity index (χ4v) is 2.55. The van der Waals surface area contributed by atoms with E-state index in [2.05, 4.69) is 15.3 Å². The molecule has 1 aromatic rings. The maximum absolute atomic E-state index is 12.4. The second kappa shape index (κ2) is 7.10. The molecule has 0 aromatic carbocycles. The van der Waals surface area contributed by atoms with E-state index in [1.807, 2.05) is 0 Å². The summed E-state index contributed by atoms with van der Waals surface area (Å²) in [6.45, 7) is 1.76. The van der Waals surface area contributed by atoms with E-state index in [0.717, 1.165) is 25.8 Å². The van der Waals surface area contributed by atoms with E-state index in [9.17, 15) is 23.1 Å². The quantitative estimate of drug-likeness (QED) is 0.756. The number of halogens is 3. The smallest absolute Gasteiger partial charge is 0.395 e. The van der Waals surface area contributed by atoms with Crippen LogP contribution in [0.25, 0.3) is 0 Å². The molecular formula is C13H19F3N4O2. The summed E-state index contributed by atoms with van der Waals surface area (Å²) in [5, 5.41) is 17.0. The van der Waals surface area contributed by atoms with Gasteiger partial charge in [0.05, 0.1) is 6.61 Å². The zero-order valence-electron chi connectivity index (χ0n) is 12.0. The number of likely N-dealkylation sites (tertiary alicyclic amines) is 1. The number of hydrogen-bond acceptors (Lipinski definition) is 4. The van der Waals surface area contributed by atoms with Crippen molar-refractivity contribution in [3.8, 4) is 0 Å². The minimum absolute atomic E-state index is 0.0717. The van der Waals surface area contributed by atoms with Crippen LogP contribution < -0.4 is 5.32 Å². The van der Waals surface area contributed by atoms with Gasteiger partial charge >= 0.3 is 6.18 Å². The molecule has 124 valence electrons. The normalized spacial score (nSPS) is 20.1. The zero-order chi connectivity index (χ0) is 16.2. The molecule has 1 aliphatic rings. The van der Waals surface area contributed by atoms with E-state index in [0.29, 0.717) is 19.2 Å². The van der Waals surface area contributed by atoms with E-state index in [1.165, 1.54) is 0 Å².